The lowest BCUT2D eigenvalue weighted by atomic mass is 9.83. The molecule has 1 saturated heterocycles. The summed E-state index contributed by atoms with van der Waals surface area (Å²) in [6.07, 6.45) is 2.31. The van der Waals surface area contributed by atoms with Gasteiger partial charge in [-0.2, -0.15) is 0 Å². The van der Waals surface area contributed by atoms with E-state index in [4.69, 9.17) is 9.47 Å². The third-order valence-corrected chi connectivity index (χ3v) is 18.0. The van der Waals surface area contributed by atoms with Gasteiger partial charge in [-0.1, -0.05) is 116 Å². The van der Waals surface area contributed by atoms with Gasteiger partial charge in [-0.3, -0.25) is 57.5 Å². The van der Waals surface area contributed by atoms with Crippen molar-refractivity contribution >= 4 is 70.6 Å². The third kappa shape index (κ3) is 22.4. The van der Waals surface area contributed by atoms with Gasteiger partial charge in [-0.05, 0) is 81.5 Å². The molecule has 1 aliphatic rings. The summed E-state index contributed by atoms with van der Waals surface area (Å²) in [6, 6.07) is -9.88. The van der Waals surface area contributed by atoms with Crippen LogP contribution >= 0.6 is 0 Å². The summed E-state index contributed by atoms with van der Waals surface area (Å²) in [5, 5.41) is 2.82. The first-order valence-electron chi connectivity index (χ1n) is 32.6. The van der Waals surface area contributed by atoms with Crippen molar-refractivity contribution in [1.29, 1.82) is 0 Å². The fourth-order valence-corrected chi connectivity index (χ4v) is 12.3. The van der Waals surface area contributed by atoms with E-state index in [0.717, 1.165) is 9.80 Å². The molecule has 90 heavy (non-hydrogen) atoms. The van der Waals surface area contributed by atoms with Crippen molar-refractivity contribution in [3.05, 3.63) is 12.2 Å². The highest BCUT2D eigenvalue weighted by atomic mass is 16.5. The Bertz CT molecular complexity index is 2500. The van der Waals surface area contributed by atoms with Crippen LogP contribution in [0.4, 0.5) is 0 Å². The van der Waals surface area contributed by atoms with E-state index in [1.54, 1.807) is 75.3 Å². The summed E-state index contributed by atoms with van der Waals surface area (Å²) in [7, 11) is 11.6. The maximum atomic E-state index is 15.5. The fraction of sp³-hybridized carbons (Fsp3) is 0.794. The first kappa shape index (κ1) is 82.0. The number of ketones is 3. The lowest BCUT2D eigenvalue weighted by molar-refractivity contribution is -0.164. The highest BCUT2D eigenvalue weighted by Gasteiger charge is 2.47. The summed E-state index contributed by atoms with van der Waals surface area (Å²) in [6.45, 7) is 31.2. The second-order valence-electron chi connectivity index (χ2n) is 27.8. The summed E-state index contributed by atoms with van der Waals surface area (Å²) in [5.41, 5.74) is 0. The van der Waals surface area contributed by atoms with Crippen LogP contribution in [-0.4, -0.2) is 222 Å². The molecule has 8 amide bonds. The Kier molecular flexibility index (Phi) is 34.1. The maximum Gasteiger partial charge on any atom is 0.303 e. The normalized spacial score (nSPS) is 27.4. The molecule has 0 radical (unpaired) electrons. The Hall–Kier alpha value is -6.06. The number of methoxy groups -OCH3 is 1. The number of nitrogens with zero attached hydrogens (tertiary/aromatic N) is 7. The zero-order valence-electron chi connectivity index (χ0n) is 59.8. The second-order valence-corrected chi connectivity index (χ2v) is 27.8. The van der Waals surface area contributed by atoms with Crippen LogP contribution in [0.5, 0.6) is 0 Å². The smallest absolute Gasteiger partial charge is 0.303 e. The van der Waals surface area contributed by atoms with Crippen LogP contribution in [0.25, 0.3) is 0 Å². The summed E-state index contributed by atoms with van der Waals surface area (Å²) >= 11 is 0. The molecule has 14 atom stereocenters. The Morgan fingerprint density at radius 2 is 0.978 bits per heavy atom. The van der Waals surface area contributed by atoms with Crippen LogP contribution in [0.3, 0.4) is 0 Å². The van der Waals surface area contributed by atoms with Crippen LogP contribution in [0.2, 0.25) is 0 Å². The topological polar surface area (TPSA) is 258 Å². The van der Waals surface area contributed by atoms with Gasteiger partial charge < -0.3 is 49.1 Å². The number of nitrogens with one attached hydrogen (secondary N) is 1. The van der Waals surface area contributed by atoms with Crippen LogP contribution in [-0.2, 0) is 67.0 Å². The van der Waals surface area contributed by atoms with Crippen LogP contribution in [0.1, 0.15) is 176 Å². The minimum absolute atomic E-state index is 0.00936. The summed E-state index contributed by atoms with van der Waals surface area (Å²) in [4.78, 5) is 185. The quantitative estimate of drug-likeness (QED) is 0.117. The molecule has 0 unspecified atom stereocenters. The van der Waals surface area contributed by atoms with E-state index in [1.165, 1.54) is 94.8 Å². The zero-order chi connectivity index (χ0) is 69.8. The number of allylic oxidation sites excluding steroid dienone is 2. The Morgan fingerprint density at radius 3 is 1.43 bits per heavy atom. The lowest BCUT2D eigenvalue weighted by Gasteiger charge is -2.42. The maximum absolute atomic E-state index is 15.5. The van der Waals surface area contributed by atoms with Crippen molar-refractivity contribution in [1.82, 2.24) is 39.6 Å². The molecule has 22 nitrogen and oxygen atoms in total. The highest BCUT2D eigenvalue weighted by molar-refractivity contribution is 6.00. The number of esters is 1. The van der Waals surface area contributed by atoms with E-state index in [0.29, 0.717) is 6.42 Å². The monoisotopic (exact) mass is 1270 g/mol. The number of rotatable bonds is 17. The van der Waals surface area contributed by atoms with Gasteiger partial charge in [-0.15, -0.1) is 0 Å². The molecule has 1 heterocycles. The molecule has 1 rings (SSSR count). The van der Waals surface area contributed by atoms with E-state index in [1.807, 2.05) is 47.6 Å². The Morgan fingerprint density at radius 1 is 0.522 bits per heavy atom. The predicted octanol–water partition coefficient (Wildman–Crippen LogP) is 6.74. The average molecular weight is 1270 g/mol. The number of carbonyl (C=O) groups is 12. The van der Waals surface area contributed by atoms with Gasteiger partial charge in [0.25, 0.3) is 0 Å². The van der Waals surface area contributed by atoms with E-state index < -0.39 is 155 Å². The largest absolute Gasteiger partial charge is 0.459 e. The first-order valence-corrected chi connectivity index (χ1v) is 32.6. The van der Waals surface area contributed by atoms with Gasteiger partial charge in [-0.25, -0.2) is 0 Å². The fourth-order valence-electron chi connectivity index (χ4n) is 12.3. The van der Waals surface area contributed by atoms with Crippen molar-refractivity contribution in [2.24, 2.45) is 59.2 Å². The van der Waals surface area contributed by atoms with Gasteiger partial charge in [0.05, 0.1) is 18.7 Å². The van der Waals surface area contributed by atoms with Crippen molar-refractivity contribution < 1.29 is 67.0 Å². The molecule has 0 aromatic heterocycles. The highest BCUT2D eigenvalue weighted by Crippen LogP contribution is 2.30. The van der Waals surface area contributed by atoms with Gasteiger partial charge in [0, 0.05) is 106 Å². The van der Waals surface area contributed by atoms with Gasteiger partial charge in [0.1, 0.15) is 48.1 Å². The van der Waals surface area contributed by atoms with Crippen molar-refractivity contribution in [3.63, 3.8) is 0 Å². The lowest BCUT2D eigenvalue weighted by Crippen LogP contribution is -2.64. The average Bonchev–Trinajstić information content (AvgIpc) is 2.72. The number of hydrogen-bond acceptors (Lipinski definition) is 14. The number of amides is 8. The summed E-state index contributed by atoms with van der Waals surface area (Å²) < 4.78 is 11.5. The molecular weight excluding hydrogens is 1150 g/mol. The Labute approximate surface area is 540 Å². The molecule has 0 spiro atoms. The van der Waals surface area contributed by atoms with Crippen LogP contribution in [0, 0.1) is 59.2 Å². The van der Waals surface area contributed by atoms with Gasteiger partial charge in [0.2, 0.25) is 47.3 Å². The molecule has 0 aromatic carbocycles. The molecule has 1 N–H and O–H groups in total. The molecule has 0 aliphatic carbocycles. The SMILES string of the molecule is C/C=C/C[C@@H](C)[C@@H](OC(C)=O)[C@H]1C(=O)N[C@@H](CC)C(=O)N(C)[C@H](C)C(=O)N(C)[C@@H]([C@H](C)COC)C(=O)C[C@@H](C(C)C)C(=O)N(C)[C@@H](CC(C)C)C(=O)C[C@@H](C)C(=O)C[C@H](C)C(=O)N(C)[C@@H](CC(C)C)C(=O)N(C)[C@@H](CC(C)C)C(=O)N(C)[C@@H](C(C)C)C(=O)N1C. The van der Waals surface area contributed by atoms with E-state index in [2.05, 4.69) is 5.32 Å². The third-order valence-electron chi connectivity index (χ3n) is 18.0. The number of hydrogen-bond donors (Lipinski definition) is 1. The number of ether oxygens (including phenoxy) is 2. The van der Waals surface area contributed by atoms with E-state index >= 15 is 19.2 Å². The minimum atomic E-state index is -1.61. The van der Waals surface area contributed by atoms with E-state index in [9.17, 15) is 38.4 Å². The first-order chi connectivity index (χ1) is 41.6. The molecule has 22 heteroatoms. The molecule has 0 bridgehead atoms. The molecule has 1 fully saturated rings. The van der Waals surface area contributed by atoms with Gasteiger partial charge in [0.15, 0.2) is 11.6 Å². The molecular formula is C68H118N8O14. The van der Waals surface area contributed by atoms with Crippen LogP contribution in [0.15, 0.2) is 12.2 Å². The predicted molar refractivity (Wildman–Crippen MR) is 348 cm³/mol. The van der Waals surface area contributed by atoms with Crippen LogP contribution < -0.4 is 5.32 Å². The molecule has 0 saturated carbocycles. The molecule has 1 aliphatic heterocycles. The second kappa shape index (κ2) is 37.5. The minimum Gasteiger partial charge on any atom is -0.459 e. The zero-order valence-corrected chi connectivity index (χ0v) is 59.8. The molecule has 514 valence electrons. The standard InChI is InChI=1S/C68H118N8O14/c1-27-29-30-43(13)60(90-48(18)77)59-61(81)69-50(28-2)65(85)70(19)47(17)63(83)75(24)58(46(16)37-89-26)56(80)36-49(41(9)10)64(84)71(20)51(31-38(3)4)55(79)34-44(14)54(78)35-45(15)62(82)72(21)52(32-39(5)6)66(86)73(22)53(33-40(7)8)67(87)74(23)57(42(11)12)68(88)76(59)25/h27,29,38-47,49-53,57-60H,28,30-37H2,1-26H3,(H,69,81)/b29-27+/t43-,44-,45+,46-,47-,49+,50+,51+,52+,53+,57+,58+,59+,60-/m1/s1. The Balaban J connectivity index is 4.52. The van der Waals surface area contributed by atoms with Gasteiger partial charge >= 0.3 is 5.97 Å². The number of carbonyl (C=O) groups excluding carboxylic acids is 12. The molecule has 0 aromatic rings. The van der Waals surface area contributed by atoms with Crippen molar-refractivity contribution in [3.8, 4) is 0 Å². The number of likely N-dealkylation sites (N-methyl/N-ethyl adjacent to an activating group) is 7. The summed E-state index contributed by atoms with van der Waals surface area (Å²) in [5.74, 6) is -12.5. The number of Topliss-reactive ketones (excluding diaryl/α,β-unsaturated/α-hetero) is 3. The van der Waals surface area contributed by atoms with Crippen molar-refractivity contribution in [2.75, 3.05) is 63.1 Å². The van der Waals surface area contributed by atoms with E-state index in [-0.39, 0.29) is 80.9 Å². The van der Waals surface area contributed by atoms with Crippen molar-refractivity contribution in [2.45, 2.75) is 230 Å².